The quantitative estimate of drug-likeness (QED) is 0.477. The van der Waals surface area contributed by atoms with Crippen molar-refractivity contribution >= 4 is 5.96 Å². The van der Waals surface area contributed by atoms with Crippen molar-refractivity contribution in [1.82, 2.24) is 5.32 Å². The van der Waals surface area contributed by atoms with Gasteiger partial charge in [0.2, 0.25) is 0 Å². The van der Waals surface area contributed by atoms with Gasteiger partial charge in [-0.3, -0.25) is 4.99 Å². The minimum Gasteiger partial charge on any atom is -0.492 e. The van der Waals surface area contributed by atoms with Crippen molar-refractivity contribution in [2.75, 3.05) is 19.7 Å². The molecule has 0 radical (unpaired) electrons. The Morgan fingerprint density at radius 2 is 1.90 bits per heavy atom. The summed E-state index contributed by atoms with van der Waals surface area (Å²) in [5.41, 5.74) is 7.17. The van der Waals surface area contributed by atoms with Crippen LogP contribution in [0.2, 0.25) is 0 Å². The Morgan fingerprint density at radius 3 is 2.45 bits per heavy atom. The number of nitrogens with zero attached hydrogens (tertiary/aromatic N) is 1. The molecule has 0 bridgehead atoms. The smallest absolute Gasteiger partial charge is 0.188 e. The Labute approximate surface area is 122 Å². The van der Waals surface area contributed by atoms with Gasteiger partial charge in [-0.25, -0.2) is 0 Å². The largest absolute Gasteiger partial charge is 0.492 e. The summed E-state index contributed by atoms with van der Waals surface area (Å²) in [4.78, 5) is 4.15. The molecule has 0 fully saturated rings. The van der Waals surface area contributed by atoms with Crippen molar-refractivity contribution in [3.63, 3.8) is 0 Å². The molecule has 0 atom stereocenters. The summed E-state index contributed by atoms with van der Waals surface area (Å²) in [5, 5.41) is 3.03. The van der Waals surface area contributed by atoms with Crippen molar-refractivity contribution in [3.05, 3.63) is 29.8 Å². The highest BCUT2D eigenvalue weighted by atomic mass is 16.5. The molecule has 0 heterocycles. The number of hydrogen-bond acceptors (Lipinski definition) is 2. The summed E-state index contributed by atoms with van der Waals surface area (Å²) < 4.78 is 5.66. The third-order valence-electron chi connectivity index (χ3n) is 2.90. The number of nitrogens with two attached hydrogens (primary N) is 1. The molecule has 112 valence electrons. The van der Waals surface area contributed by atoms with Gasteiger partial charge in [-0.05, 0) is 29.5 Å². The number of guanidine groups is 1. The number of benzene rings is 1. The average molecular weight is 277 g/mol. The molecule has 0 unspecified atom stereocenters. The van der Waals surface area contributed by atoms with Crippen LogP contribution >= 0.6 is 0 Å². The van der Waals surface area contributed by atoms with Crippen LogP contribution in [0.1, 0.15) is 39.7 Å². The van der Waals surface area contributed by atoms with E-state index in [1.54, 1.807) is 0 Å². The van der Waals surface area contributed by atoms with Crippen LogP contribution in [0.15, 0.2) is 29.3 Å². The standard InChI is InChI=1S/C16H27N3O/c1-5-10-18-15(17)19-11-12-20-14-8-6-13(7-9-14)16(2,3)4/h6-9H,5,10-12H2,1-4H3,(H3,17,18,19). The summed E-state index contributed by atoms with van der Waals surface area (Å²) in [6.45, 7) is 10.6. The second-order valence-electron chi connectivity index (χ2n) is 5.82. The Bertz CT molecular complexity index is 418. The maximum atomic E-state index is 5.69. The molecule has 1 aromatic carbocycles. The van der Waals surface area contributed by atoms with Gasteiger partial charge in [0.05, 0.1) is 6.54 Å². The molecule has 0 saturated heterocycles. The summed E-state index contributed by atoms with van der Waals surface area (Å²) in [5.74, 6) is 1.36. The number of hydrogen-bond donors (Lipinski definition) is 2. The Morgan fingerprint density at radius 1 is 1.25 bits per heavy atom. The first-order valence-corrected chi connectivity index (χ1v) is 7.20. The fourth-order valence-electron chi connectivity index (χ4n) is 1.69. The van der Waals surface area contributed by atoms with Gasteiger partial charge < -0.3 is 15.8 Å². The third kappa shape index (κ3) is 5.95. The lowest BCUT2D eigenvalue weighted by molar-refractivity contribution is 0.322. The molecule has 1 aromatic rings. The van der Waals surface area contributed by atoms with E-state index in [2.05, 4.69) is 50.1 Å². The van der Waals surface area contributed by atoms with Crippen molar-refractivity contribution in [1.29, 1.82) is 0 Å². The van der Waals surface area contributed by atoms with Crippen LogP contribution in [-0.4, -0.2) is 25.7 Å². The summed E-state index contributed by atoms with van der Waals surface area (Å²) >= 11 is 0. The highest BCUT2D eigenvalue weighted by molar-refractivity contribution is 5.77. The SMILES string of the molecule is CCCN=C(N)NCCOc1ccc(C(C)(C)C)cc1. The minimum absolute atomic E-state index is 0.171. The normalized spacial score (nSPS) is 12.3. The van der Waals surface area contributed by atoms with E-state index in [1.165, 1.54) is 5.56 Å². The van der Waals surface area contributed by atoms with E-state index >= 15 is 0 Å². The van der Waals surface area contributed by atoms with E-state index in [-0.39, 0.29) is 5.41 Å². The van der Waals surface area contributed by atoms with E-state index in [0.717, 1.165) is 18.7 Å². The van der Waals surface area contributed by atoms with Gasteiger partial charge in [0.15, 0.2) is 5.96 Å². The summed E-state index contributed by atoms with van der Waals surface area (Å²) in [7, 11) is 0. The Hall–Kier alpha value is -1.71. The molecular weight excluding hydrogens is 250 g/mol. The molecule has 0 aliphatic carbocycles. The van der Waals surface area contributed by atoms with E-state index in [1.807, 2.05) is 12.1 Å². The lowest BCUT2D eigenvalue weighted by atomic mass is 9.87. The molecule has 4 heteroatoms. The molecule has 0 spiro atoms. The summed E-state index contributed by atoms with van der Waals surface area (Å²) in [6.07, 6.45) is 0.999. The molecule has 3 N–H and O–H groups in total. The molecule has 4 nitrogen and oxygen atoms in total. The van der Waals surface area contributed by atoms with E-state index in [9.17, 15) is 0 Å². The predicted octanol–water partition coefficient (Wildman–Crippen LogP) is 2.68. The van der Waals surface area contributed by atoms with Gasteiger partial charge in [0, 0.05) is 6.54 Å². The molecule has 20 heavy (non-hydrogen) atoms. The summed E-state index contributed by atoms with van der Waals surface area (Å²) in [6, 6.07) is 8.24. The average Bonchev–Trinajstić information content (AvgIpc) is 2.41. The lowest BCUT2D eigenvalue weighted by Gasteiger charge is -2.19. The van der Waals surface area contributed by atoms with E-state index in [4.69, 9.17) is 10.5 Å². The first-order chi connectivity index (χ1) is 9.43. The zero-order valence-corrected chi connectivity index (χ0v) is 13.1. The van der Waals surface area contributed by atoms with Crippen LogP contribution in [0.3, 0.4) is 0 Å². The van der Waals surface area contributed by atoms with Crippen molar-refractivity contribution in [2.45, 2.75) is 39.5 Å². The van der Waals surface area contributed by atoms with Crippen LogP contribution in [0.25, 0.3) is 0 Å². The second kappa shape index (κ2) is 7.78. The van der Waals surface area contributed by atoms with Gasteiger partial charge in [0.25, 0.3) is 0 Å². The first-order valence-electron chi connectivity index (χ1n) is 7.20. The molecule has 0 aliphatic heterocycles. The third-order valence-corrected chi connectivity index (χ3v) is 2.90. The predicted molar refractivity (Wildman–Crippen MR) is 85.4 cm³/mol. The lowest BCUT2D eigenvalue weighted by Crippen LogP contribution is -2.34. The molecule has 0 aromatic heterocycles. The van der Waals surface area contributed by atoms with Gasteiger partial charge in [-0.15, -0.1) is 0 Å². The zero-order valence-electron chi connectivity index (χ0n) is 13.1. The van der Waals surface area contributed by atoms with Crippen molar-refractivity contribution in [3.8, 4) is 5.75 Å². The van der Waals surface area contributed by atoms with Crippen LogP contribution in [-0.2, 0) is 5.41 Å². The molecule has 0 aliphatic rings. The van der Waals surface area contributed by atoms with Crippen LogP contribution in [0.5, 0.6) is 5.75 Å². The van der Waals surface area contributed by atoms with Gasteiger partial charge in [-0.2, -0.15) is 0 Å². The topological polar surface area (TPSA) is 59.6 Å². The highest BCUT2D eigenvalue weighted by Gasteiger charge is 2.12. The molecular formula is C16H27N3O. The van der Waals surface area contributed by atoms with E-state index < -0.39 is 0 Å². The molecule has 1 rings (SSSR count). The fraction of sp³-hybridized carbons (Fsp3) is 0.562. The molecule has 0 amide bonds. The Kier molecular flexibility index (Phi) is 6.36. The van der Waals surface area contributed by atoms with Gasteiger partial charge >= 0.3 is 0 Å². The molecule has 0 saturated carbocycles. The van der Waals surface area contributed by atoms with Crippen LogP contribution < -0.4 is 15.8 Å². The number of ether oxygens (including phenoxy) is 1. The Balaban J connectivity index is 2.32. The highest BCUT2D eigenvalue weighted by Crippen LogP contribution is 2.24. The van der Waals surface area contributed by atoms with E-state index in [0.29, 0.717) is 19.1 Å². The van der Waals surface area contributed by atoms with Crippen LogP contribution in [0.4, 0.5) is 0 Å². The maximum absolute atomic E-state index is 5.69. The number of rotatable bonds is 6. The number of nitrogens with one attached hydrogen (secondary N) is 1. The van der Waals surface area contributed by atoms with Crippen LogP contribution in [0, 0.1) is 0 Å². The van der Waals surface area contributed by atoms with Gasteiger partial charge in [0.1, 0.15) is 12.4 Å². The first kappa shape index (κ1) is 16.3. The second-order valence-corrected chi connectivity index (χ2v) is 5.82. The van der Waals surface area contributed by atoms with Gasteiger partial charge in [-0.1, -0.05) is 39.8 Å². The maximum Gasteiger partial charge on any atom is 0.188 e. The van der Waals surface area contributed by atoms with Crippen molar-refractivity contribution < 1.29 is 4.74 Å². The fourth-order valence-corrected chi connectivity index (χ4v) is 1.69. The number of aliphatic imine (C=N–C) groups is 1. The monoisotopic (exact) mass is 277 g/mol. The zero-order chi connectivity index (χ0) is 15.0. The minimum atomic E-state index is 0.171. The van der Waals surface area contributed by atoms with Crippen molar-refractivity contribution in [2.24, 2.45) is 10.7 Å².